The van der Waals surface area contributed by atoms with Crippen LogP contribution in [0.15, 0.2) is 53.6 Å². The lowest BCUT2D eigenvalue weighted by atomic mass is 10.2. The van der Waals surface area contributed by atoms with E-state index in [2.05, 4.69) is 26.9 Å². The molecule has 1 aromatic heterocycles. The Morgan fingerprint density at radius 3 is 2.09 bits per heavy atom. The van der Waals surface area contributed by atoms with Gasteiger partial charge in [0.05, 0.1) is 6.20 Å². The molecular weight excluding hydrogens is 302 g/mol. The smallest absolute Gasteiger partial charge is 0.296 e. The molecule has 1 N–H and O–H groups in total. The van der Waals surface area contributed by atoms with Gasteiger partial charge in [-0.25, -0.2) is 4.98 Å². The molecule has 6 nitrogen and oxygen atoms in total. The highest BCUT2D eigenvalue weighted by molar-refractivity contribution is 7.85. The summed E-state index contributed by atoms with van der Waals surface area (Å²) >= 11 is 0. The summed E-state index contributed by atoms with van der Waals surface area (Å²) in [5.74, 6) is 0.722. The lowest BCUT2D eigenvalue weighted by molar-refractivity contribution is 0.482. The number of nitrogens with zero attached hydrogens (tertiary/aromatic N) is 3. The van der Waals surface area contributed by atoms with Crippen molar-refractivity contribution in [2.75, 3.05) is 36.0 Å². The van der Waals surface area contributed by atoms with E-state index >= 15 is 0 Å². The molecule has 0 amide bonds. The van der Waals surface area contributed by atoms with Crippen molar-refractivity contribution in [2.45, 2.75) is 4.90 Å². The number of aromatic nitrogens is 1. The second kappa shape index (κ2) is 5.94. The molecule has 22 heavy (non-hydrogen) atoms. The molecule has 7 heteroatoms. The first-order valence-corrected chi connectivity index (χ1v) is 8.46. The highest BCUT2D eigenvalue weighted by Gasteiger charge is 2.19. The molecule has 0 atom stereocenters. The van der Waals surface area contributed by atoms with E-state index in [-0.39, 0.29) is 4.90 Å². The minimum atomic E-state index is -4.18. The maximum absolute atomic E-state index is 11.0. The third-order valence-electron chi connectivity index (χ3n) is 3.74. The van der Waals surface area contributed by atoms with E-state index in [0.29, 0.717) is 0 Å². The Morgan fingerprint density at radius 2 is 1.55 bits per heavy atom. The van der Waals surface area contributed by atoms with E-state index in [1.54, 1.807) is 6.07 Å². The van der Waals surface area contributed by atoms with E-state index < -0.39 is 10.1 Å². The Labute approximate surface area is 129 Å². The minimum Gasteiger partial charge on any atom is -0.368 e. The van der Waals surface area contributed by atoms with Crippen LogP contribution in [0.1, 0.15) is 0 Å². The lowest BCUT2D eigenvalue weighted by Gasteiger charge is -2.36. The van der Waals surface area contributed by atoms with Crippen LogP contribution in [0, 0.1) is 0 Å². The fraction of sp³-hybridized carbons (Fsp3) is 0.267. The zero-order chi connectivity index (χ0) is 15.6. The first-order valence-electron chi connectivity index (χ1n) is 7.02. The summed E-state index contributed by atoms with van der Waals surface area (Å²) in [6, 6.07) is 13.2. The molecule has 0 spiro atoms. The molecule has 3 rings (SSSR count). The lowest BCUT2D eigenvalue weighted by Crippen LogP contribution is -2.46. The molecule has 0 aliphatic carbocycles. The van der Waals surface area contributed by atoms with E-state index in [9.17, 15) is 8.42 Å². The topological polar surface area (TPSA) is 73.7 Å². The molecule has 2 aromatic rings. The second-order valence-corrected chi connectivity index (χ2v) is 6.56. The van der Waals surface area contributed by atoms with Gasteiger partial charge >= 0.3 is 0 Å². The zero-order valence-electron chi connectivity index (χ0n) is 12.0. The highest BCUT2D eigenvalue weighted by atomic mass is 32.2. The van der Waals surface area contributed by atoms with Crippen molar-refractivity contribution in [3.05, 3.63) is 48.7 Å². The fourth-order valence-electron chi connectivity index (χ4n) is 2.54. The van der Waals surface area contributed by atoms with Crippen LogP contribution in [0.2, 0.25) is 0 Å². The third kappa shape index (κ3) is 3.20. The quantitative estimate of drug-likeness (QED) is 0.867. The van der Waals surface area contributed by atoms with E-state index in [4.69, 9.17) is 4.55 Å². The molecule has 0 radical (unpaired) electrons. The predicted molar refractivity (Wildman–Crippen MR) is 84.9 cm³/mol. The van der Waals surface area contributed by atoms with Crippen LogP contribution in [-0.2, 0) is 10.1 Å². The van der Waals surface area contributed by atoms with E-state index in [1.807, 2.05) is 18.2 Å². The third-order valence-corrected chi connectivity index (χ3v) is 4.58. The van der Waals surface area contributed by atoms with Crippen LogP contribution in [0.25, 0.3) is 0 Å². The maximum atomic E-state index is 11.0. The zero-order valence-corrected chi connectivity index (χ0v) is 12.8. The Morgan fingerprint density at radius 1 is 0.909 bits per heavy atom. The summed E-state index contributed by atoms with van der Waals surface area (Å²) < 4.78 is 31.0. The Bertz CT molecular complexity index is 724. The molecule has 0 saturated carbocycles. The Balaban J connectivity index is 1.66. The summed E-state index contributed by atoms with van der Waals surface area (Å²) in [4.78, 5) is 8.37. The number of para-hydroxylation sites is 1. The van der Waals surface area contributed by atoms with Crippen molar-refractivity contribution in [3.63, 3.8) is 0 Å². The van der Waals surface area contributed by atoms with E-state index in [0.717, 1.165) is 32.0 Å². The number of pyridine rings is 1. The van der Waals surface area contributed by atoms with Crippen LogP contribution < -0.4 is 9.80 Å². The first-order chi connectivity index (χ1) is 10.5. The summed E-state index contributed by atoms with van der Waals surface area (Å²) in [6.45, 7) is 3.39. The summed E-state index contributed by atoms with van der Waals surface area (Å²) in [5.41, 5.74) is 1.21. The van der Waals surface area contributed by atoms with Gasteiger partial charge in [0.2, 0.25) is 0 Å². The van der Waals surface area contributed by atoms with Crippen molar-refractivity contribution in [1.29, 1.82) is 0 Å². The number of rotatable bonds is 3. The number of hydrogen-bond donors (Lipinski definition) is 1. The number of benzene rings is 1. The van der Waals surface area contributed by atoms with Gasteiger partial charge in [-0.05, 0) is 24.3 Å². The molecule has 1 aromatic carbocycles. The summed E-state index contributed by atoms with van der Waals surface area (Å²) in [7, 11) is -4.18. The van der Waals surface area contributed by atoms with Gasteiger partial charge in [-0.2, -0.15) is 8.42 Å². The second-order valence-electron chi connectivity index (χ2n) is 5.14. The fourth-order valence-corrected chi connectivity index (χ4v) is 2.97. The van der Waals surface area contributed by atoms with E-state index in [1.165, 1.54) is 18.0 Å². The molecule has 2 heterocycles. The van der Waals surface area contributed by atoms with Crippen molar-refractivity contribution in [3.8, 4) is 0 Å². The molecule has 1 saturated heterocycles. The Kier molecular flexibility index (Phi) is 4.00. The Hall–Kier alpha value is -2.12. The number of piperazine rings is 1. The van der Waals surface area contributed by atoms with Gasteiger partial charge in [0.25, 0.3) is 10.1 Å². The van der Waals surface area contributed by atoms with Crippen molar-refractivity contribution < 1.29 is 13.0 Å². The molecule has 0 unspecified atom stereocenters. The number of hydrogen-bond acceptors (Lipinski definition) is 5. The number of anilines is 2. The SMILES string of the molecule is O=S(=O)(O)c1ccc(N2CCN(c3ccccc3)CC2)nc1. The van der Waals surface area contributed by atoms with Gasteiger partial charge in [-0.3, -0.25) is 4.55 Å². The van der Waals surface area contributed by atoms with Crippen LogP contribution in [-0.4, -0.2) is 44.1 Å². The van der Waals surface area contributed by atoms with Gasteiger partial charge in [0, 0.05) is 31.9 Å². The maximum Gasteiger partial charge on any atom is 0.296 e. The molecular formula is C15H17N3O3S. The summed E-state index contributed by atoms with van der Waals surface area (Å²) in [5, 5.41) is 0. The van der Waals surface area contributed by atoms with Crippen molar-refractivity contribution in [2.24, 2.45) is 0 Å². The van der Waals surface area contributed by atoms with Crippen LogP contribution in [0.5, 0.6) is 0 Å². The normalized spacial score (nSPS) is 15.9. The average molecular weight is 319 g/mol. The standard InChI is InChI=1S/C15H17N3O3S/c19-22(20,21)14-6-7-15(16-12-14)18-10-8-17(9-11-18)13-4-2-1-3-5-13/h1-7,12H,8-11H2,(H,19,20,21). The average Bonchev–Trinajstić information content (AvgIpc) is 2.55. The van der Waals surface area contributed by atoms with Gasteiger partial charge in [-0.1, -0.05) is 18.2 Å². The minimum absolute atomic E-state index is 0.181. The molecule has 1 aliphatic heterocycles. The first kappa shape index (κ1) is 14.8. The van der Waals surface area contributed by atoms with Gasteiger partial charge in [-0.15, -0.1) is 0 Å². The van der Waals surface area contributed by atoms with Crippen LogP contribution >= 0.6 is 0 Å². The predicted octanol–water partition coefficient (Wildman–Crippen LogP) is 1.65. The molecule has 1 aliphatic rings. The van der Waals surface area contributed by atoms with Crippen molar-refractivity contribution in [1.82, 2.24) is 4.98 Å². The monoisotopic (exact) mass is 319 g/mol. The largest absolute Gasteiger partial charge is 0.368 e. The highest BCUT2D eigenvalue weighted by Crippen LogP contribution is 2.19. The van der Waals surface area contributed by atoms with Crippen LogP contribution in [0.4, 0.5) is 11.5 Å². The summed E-state index contributed by atoms with van der Waals surface area (Å²) in [6.07, 6.45) is 1.19. The van der Waals surface area contributed by atoms with Gasteiger partial charge < -0.3 is 9.80 Å². The van der Waals surface area contributed by atoms with Gasteiger partial charge in [0.15, 0.2) is 0 Å². The van der Waals surface area contributed by atoms with Crippen molar-refractivity contribution >= 4 is 21.6 Å². The van der Waals surface area contributed by atoms with Gasteiger partial charge in [0.1, 0.15) is 10.7 Å². The molecule has 116 valence electrons. The van der Waals surface area contributed by atoms with Crippen LogP contribution in [0.3, 0.4) is 0 Å². The molecule has 0 bridgehead atoms. The molecule has 1 fully saturated rings.